The first-order valence-electron chi connectivity index (χ1n) is 7.88. The molecule has 3 heteroatoms. The minimum atomic E-state index is 0.631. The number of rotatable bonds is 4. The van der Waals surface area contributed by atoms with Crippen LogP contribution < -0.4 is 15.1 Å². The monoisotopic (exact) mass is 275 g/mol. The highest BCUT2D eigenvalue weighted by molar-refractivity contribution is 5.63. The summed E-state index contributed by atoms with van der Waals surface area (Å²) in [5.74, 6) is 0. The minimum Gasteiger partial charge on any atom is -0.377 e. The fourth-order valence-corrected chi connectivity index (χ4v) is 3.05. The molecular formula is C17H29N3. The Hall–Kier alpha value is -1.22. The van der Waals surface area contributed by atoms with Crippen LogP contribution in [0.1, 0.15) is 31.7 Å². The van der Waals surface area contributed by atoms with Gasteiger partial charge in [0.15, 0.2) is 0 Å². The summed E-state index contributed by atoms with van der Waals surface area (Å²) < 4.78 is 0. The maximum Gasteiger partial charge on any atom is 0.0411 e. The molecule has 0 aliphatic carbocycles. The van der Waals surface area contributed by atoms with E-state index in [4.69, 9.17) is 0 Å². The lowest BCUT2D eigenvalue weighted by Crippen LogP contribution is -2.37. The second-order valence-corrected chi connectivity index (χ2v) is 6.10. The molecular weight excluding hydrogens is 246 g/mol. The molecule has 1 saturated heterocycles. The molecule has 1 aromatic rings. The first-order chi connectivity index (χ1) is 9.61. The van der Waals surface area contributed by atoms with Gasteiger partial charge in [0.05, 0.1) is 0 Å². The van der Waals surface area contributed by atoms with E-state index in [9.17, 15) is 0 Å². The van der Waals surface area contributed by atoms with Gasteiger partial charge in [0, 0.05) is 44.6 Å². The Morgan fingerprint density at radius 1 is 1.35 bits per heavy atom. The zero-order valence-corrected chi connectivity index (χ0v) is 13.4. The van der Waals surface area contributed by atoms with Crippen molar-refractivity contribution >= 4 is 11.4 Å². The Bertz CT molecular complexity index is 428. The van der Waals surface area contributed by atoms with Crippen LogP contribution in [-0.4, -0.2) is 39.8 Å². The quantitative estimate of drug-likeness (QED) is 0.911. The number of nitrogens with one attached hydrogen (secondary N) is 1. The summed E-state index contributed by atoms with van der Waals surface area (Å²) in [5, 5.41) is 3.68. The second-order valence-electron chi connectivity index (χ2n) is 6.10. The topological polar surface area (TPSA) is 18.5 Å². The maximum atomic E-state index is 3.68. The molecule has 0 aromatic heterocycles. The summed E-state index contributed by atoms with van der Waals surface area (Å²) in [6, 6.07) is 7.49. The molecule has 1 heterocycles. The smallest absolute Gasteiger partial charge is 0.0411 e. The van der Waals surface area contributed by atoms with Crippen LogP contribution in [0, 0.1) is 6.92 Å². The fourth-order valence-electron chi connectivity index (χ4n) is 3.05. The van der Waals surface area contributed by atoms with E-state index in [1.54, 1.807) is 0 Å². The predicted octanol–water partition coefficient (Wildman–Crippen LogP) is 3.03. The van der Waals surface area contributed by atoms with Crippen LogP contribution in [0.3, 0.4) is 0 Å². The largest absolute Gasteiger partial charge is 0.377 e. The van der Waals surface area contributed by atoms with Crippen molar-refractivity contribution in [3.8, 4) is 0 Å². The molecule has 2 rings (SSSR count). The van der Waals surface area contributed by atoms with Crippen molar-refractivity contribution in [3.05, 3.63) is 23.8 Å². The fraction of sp³-hybridized carbons (Fsp3) is 0.647. The third-order valence-electron chi connectivity index (χ3n) is 4.16. The van der Waals surface area contributed by atoms with E-state index < -0.39 is 0 Å². The normalized spacial score (nSPS) is 19.8. The lowest BCUT2D eigenvalue weighted by atomic mass is 10.1. The molecule has 1 unspecified atom stereocenters. The molecule has 1 atom stereocenters. The first-order valence-corrected chi connectivity index (χ1v) is 7.88. The van der Waals surface area contributed by atoms with Crippen LogP contribution in [0.5, 0.6) is 0 Å². The van der Waals surface area contributed by atoms with Crippen molar-refractivity contribution in [3.63, 3.8) is 0 Å². The van der Waals surface area contributed by atoms with Crippen molar-refractivity contribution in [2.75, 3.05) is 43.5 Å². The van der Waals surface area contributed by atoms with Crippen molar-refractivity contribution in [2.45, 2.75) is 39.2 Å². The molecule has 112 valence electrons. The lowest BCUT2D eigenvalue weighted by Gasteiger charge is -2.28. The number of anilines is 2. The van der Waals surface area contributed by atoms with Gasteiger partial charge in [0.2, 0.25) is 0 Å². The number of hydrogen-bond acceptors (Lipinski definition) is 3. The van der Waals surface area contributed by atoms with Gasteiger partial charge in [0.1, 0.15) is 0 Å². The molecule has 1 aliphatic rings. The van der Waals surface area contributed by atoms with Gasteiger partial charge in [-0.15, -0.1) is 0 Å². The van der Waals surface area contributed by atoms with E-state index in [1.807, 2.05) is 0 Å². The van der Waals surface area contributed by atoms with Crippen LogP contribution in [0.4, 0.5) is 11.4 Å². The Labute approximate surface area is 124 Å². The molecule has 0 spiro atoms. The summed E-state index contributed by atoms with van der Waals surface area (Å²) in [5.41, 5.74) is 4.03. The summed E-state index contributed by atoms with van der Waals surface area (Å²) in [6.07, 6.45) is 3.75. The highest BCUT2D eigenvalue weighted by Crippen LogP contribution is 2.26. The molecule has 1 N–H and O–H groups in total. The van der Waals surface area contributed by atoms with Gasteiger partial charge in [-0.1, -0.05) is 19.4 Å². The van der Waals surface area contributed by atoms with Gasteiger partial charge in [0.25, 0.3) is 0 Å². The SMILES string of the molecule is CCCC1CN(c2ccc(C)c(N(C)C)c2)CCCN1. The number of hydrogen-bond donors (Lipinski definition) is 1. The van der Waals surface area contributed by atoms with Crippen LogP contribution in [0.2, 0.25) is 0 Å². The summed E-state index contributed by atoms with van der Waals surface area (Å²) >= 11 is 0. The number of aryl methyl sites for hydroxylation is 1. The molecule has 3 nitrogen and oxygen atoms in total. The van der Waals surface area contributed by atoms with Crippen LogP contribution in [0.25, 0.3) is 0 Å². The van der Waals surface area contributed by atoms with Crippen LogP contribution in [0.15, 0.2) is 18.2 Å². The van der Waals surface area contributed by atoms with E-state index in [-0.39, 0.29) is 0 Å². The Kier molecular flexibility index (Phi) is 5.30. The Morgan fingerprint density at radius 2 is 2.15 bits per heavy atom. The van der Waals surface area contributed by atoms with Crippen LogP contribution >= 0.6 is 0 Å². The van der Waals surface area contributed by atoms with Crippen molar-refractivity contribution < 1.29 is 0 Å². The summed E-state index contributed by atoms with van der Waals surface area (Å²) in [7, 11) is 4.24. The molecule has 0 saturated carbocycles. The van der Waals surface area contributed by atoms with Gasteiger partial charge in [-0.2, -0.15) is 0 Å². The Balaban J connectivity index is 2.18. The zero-order valence-electron chi connectivity index (χ0n) is 13.4. The van der Waals surface area contributed by atoms with Gasteiger partial charge in [-0.25, -0.2) is 0 Å². The average Bonchev–Trinajstić information content (AvgIpc) is 2.65. The molecule has 1 aliphatic heterocycles. The molecule has 0 bridgehead atoms. The third-order valence-corrected chi connectivity index (χ3v) is 4.16. The van der Waals surface area contributed by atoms with Crippen molar-refractivity contribution in [1.82, 2.24) is 5.32 Å². The van der Waals surface area contributed by atoms with Crippen molar-refractivity contribution in [1.29, 1.82) is 0 Å². The van der Waals surface area contributed by atoms with Gasteiger partial charge in [-0.05, 0) is 44.0 Å². The highest BCUT2D eigenvalue weighted by atomic mass is 15.2. The number of benzene rings is 1. The van der Waals surface area contributed by atoms with Crippen molar-refractivity contribution in [2.24, 2.45) is 0 Å². The maximum absolute atomic E-state index is 3.68. The first kappa shape index (κ1) is 15.2. The molecule has 1 fully saturated rings. The molecule has 1 aromatic carbocycles. The lowest BCUT2D eigenvalue weighted by molar-refractivity contribution is 0.502. The van der Waals surface area contributed by atoms with Crippen LogP contribution in [-0.2, 0) is 0 Å². The zero-order chi connectivity index (χ0) is 14.5. The minimum absolute atomic E-state index is 0.631. The summed E-state index contributed by atoms with van der Waals surface area (Å²) in [4.78, 5) is 4.76. The predicted molar refractivity (Wildman–Crippen MR) is 89.0 cm³/mol. The third kappa shape index (κ3) is 3.66. The molecule has 0 radical (unpaired) electrons. The standard InChI is InChI=1S/C17H29N3/c1-5-7-15-13-20(11-6-10-18-15)16-9-8-14(2)17(12-16)19(3)4/h8-9,12,15,18H,5-7,10-11,13H2,1-4H3. The number of nitrogens with zero attached hydrogens (tertiary/aromatic N) is 2. The highest BCUT2D eigenvalue weighted by Gasteiger charge is 2.18. The molecule has 0 amide bonds. The van der Waals surface area contributed by atoms with E-state index in [2.05, 4.69) is 61.3 Å². The van der Waals surface area contributed by atoms with Gasteiger partial charge in [-0.3, -0.25) is 0 Å². The van der Waals surface area contributed by atoms with E-state index in [0.717, 1.165) is 19.6 Å². The van der Waals surface area contributed by atoms with Gasteiger partial charge < -0.3 is 15.1 Å². The average molecular weight is 275 g/mol. The van der Waals surface area contributed by atoms with E-state index in [1.165, 1.54) is 36.2 Å². The second kappa shape index (κ2) is 6.98. The van der Waals surface area contributed by atoms with E-state index in [0.29, 0.717) is 6.04 Å². The van der Waals surface area contributed by atoms with E-state index >= 15 is 0 Å². The summed E-state index contributed by atoms with van der Waals surface area (Å²) in [6.45, 7) is 7.89. The Morgan fingerprint density at radius 3 is 2.85 bits per heavy atom. The van der Waals surface area contributed by atoms with Gasteiger partial charge >= 0.3 is 0 Å². The molecule has 20 heavy (non-hydrogen) atoms.